The summed E-state index contributed by atoms with van der Waals surface area (Å²) in [6.07, 6.45) is 2.39. The molecule has 0 radical (unpaired) electrons. The molecule has 0 atom stereocenters. The molecule has 2 heterocycles. The monoisotopic (exact) mass is 292 g/mol. The van der Waals surface area contributed by atoms with E-state index in [9.17, 15) is 0 Å². The minimum atomic E-state index is 0.418. The van der Waals surface area contributed by atoms with Crippen LogP contribution in [0.4, 0.5) is 5.82 Å². The molecule has 5 heteroatoms. The maximum absolute atomic E-state index is 5.90. The first-order valence-corrected chi connectivity index (χ1v) is 7.71. The van der Waals surface area contributed by atoms with Crippen molar-refractivity contribution in [2.45, 2.75) is 40.5 Å². The predicted octanol–water partition coefficient (Wildman–Crippen LogP) is 2.60. The standard InChI is InChI=1S/C15H24N4S/c1-9(2)12-5-7-19(8-6-12)15-13(14(16)20)10(3)11(4)17-18-15/h9,12H,5-8H2,1-4H3,(H2,16,20). The summed E-state index contributed by atoms with van der Waals surface area (Å²) in [6, 6.07) is 0. The van der Waals surface area contributed by atoms with Gasteiger partial charge in [-0.2, -0.15) is 5.10 Å². The van der Waals surface area contributed by atoms with Gasteiger partial charge in [0.2, 0.25) is 0 Å². The Bertz CT molecular complexity index is 505. The summed E-state index contributed by atoms with van der Waals surface area (Å²) in [5.41, 5.74) is 8.75. The summed E-state index contributed by atoms with van der Waals surface area (Å²) in [7, 11) is 0. The van der Waals surface area contributed by atoms with Crippen LogP contribution in [0.25, 0.3) is 0 Å². The van der Waals surface area contributed by atoms with Crippen LogP contribution in [0.5, 0.6) is 0 Å². The molecule has 20 heavy (non-hydrogen) atoms. The van der Waals surface area contributed by atoms with E-state index in [1.54, 1.807) is 0 Å². The van der Waals surface area contributed by atoms with Crippen LogP contribution in [0.3, 0.4) is 0 Å². The van der Waals surface area contributed by atoms with Gasteiger partial charge in [-0.1, -0.05) is 26.1 Å². The summed E-state index contributed by atoms with van der Waals surface area (Å²) in [5.74, 6) is 2.42. The molecule has 2 N–H and O–H groups in total. The lowest BCUT2D eigenvalue weighted by Crippen LogP contribution is -2.37. The van der Waals surface area contributed by atoms with Crippen molar-refractivity contribution in [3.63, 3.8) is 0 Å². The summed E-state index contributed by atoms with van der Waals surface area (Å²) >= 11 is 5.21. The highest BCUT2D eigenvalue weighted by atomic mass is 32.1. The predicted molar refractivity (Wildman–Crippen MR) is 87.2 cm³/mol. The van der Waals surface area contributed by atoms with Crippen molar-refractivity contribution < 1.29 is 0 Å². The molecule has 0 bridgehead atoms. The molecule has 1 aliphatic heterocycles. The van der Waals surface area contributed by atoms with Gasteiger partial charge < -0.3 is 10.6 Å². The Morgan fingerprint density at radius 3 is 2.35 bits per heavy atom. The van der Waals surface area contributed by atoms with Crippen LogP contribution >= 0.6 is 12.2 Å². The molecule has 2 rings (SSSR count). The van der Waals surface area contributed by atoms with Crippen LogP contribution in [-0.2, 0) is 0 Å². The van der Waals surface area contributed by atoms with Gasteiger partial charge in [-0.3, -0.25) is 0 Å². The molecular formula is C15H24N4S. The van der Waals surface area contributed by atoms with Gasteiger partial charge in [0.05, 0.1) is 11.3 Å². The number of nitrogens with two attached hydrogens (primary N) is 1. The van der Waals surface area contributed by atoms with Crippen LogP contribution in [-0.4, -0.2) is 28.3 Å². The number of piperidine rings is 1. The van der Waals surface area contributed by atoms with Crippen LogP contribution in [0, 0.1) is 25.7 Å². The number of aryl methyl sites for hydroxylation is 1. The highest BCUT2D eigenvalue weighted by Crippen LogP contribution is 2.29. The van der Waals surface area contributed by atoms with Gasteiger partial charge in [0.25, 0.3) is 0 Å². The average Bonchev–Trinajstić information content (AvgIpc) is 2.41. The number of nitrogens with zero attached hydrogens (tertiary/aromatic N) is 3. The third kappa shape index (κ3) is 2.92. The molecule has 4 nitrogen and oxygen atoms in total. The zero-order valence-corrected chi connectivity index (χ0v) is 13.6. The SMILES string of the molecule is Cc1nnc(N2CCC(C(C)C)CC2)c(C(N)=S)c1C. The van der Waals surface area contributed by atoms with Crippen LogP contribution < -0.4 is 10.6 Å². The molecule has 1 saturated heterocycles. The summed E-state index contributed by atoms with van der Waals surface area (Å²) in [4.78, 5) is 2.70. The topological polar surface area (TPSA) is 55.0 Å². The minimum absolute atomic E-state index is 0.418. The second kappa shape index (κ2) is 6.04. The number of hydrogen-bond donors (Lipinski definition) is 1. The van der Waals surface area contributed by atoms with Gasteiger partial charge in [0.15, 0.2) is 5.82 Å². The fraction of sp³-hybridized carbons (Fsp3) is 0.667. The van der Waals surface area contributed by atoms with Gasteiger partial charge in [0.1, 0.15) is 4.99 Å². The third-order valence-electron chi connectivity index (χ3n) is 4.46. The number of hydrogen-bond acceptors (Lipinski definition) is 4. The van der Waals surface area contributed by atoms with Crippen LogP contribution in [0.2, 0.25) is 0 Å². The first-order valence-electron chi connectivity index (χ1n) is 7.30. The fourth-order valence-electron chi connectivity index (χ4n) is 2.89. The van der Waals surface area contributed by atoms with Gasteiger partial charge in [0, 0.05) is 13.1 Å². The van der Waals surface area contributed by atoms with Crippen molar-refractivity contribution in [3.8, 4) is 0 Å². The lowest BCUT2D eigenvalue weighted by atomic mass is 9.86. The molecule has 1 aliphatic rings. The molecule has 0 spiro atoms. The molecule has 0 amide bonds. The van der Waals surface area contributed by atoms with Gasteiger partial charge in [-0.05, 0) is 44.1 Å². The van der Waals surface area contributed by atoms with Crippen molar-refractivity contribution in [1.29, 1.82) is 0 Å². The smallest absolute Gasteiger partial charge is 0.161 e. The molecule has 110 valence electrons. The quantitative estimate of drug-likeness (QED) is 0.868. The molecule has 1 aromatic heterocycles. The van der Waals surface area contributed by atoms with Crippen molar-refractivity contribution in [2.24, 2.45) is 17.6 Å². The van der Waals surface area contributed by atoms with E-state index in [1.807, 2.05) is 13.8 Å². The number of anilines is 1. The number of aromatic nitrogens is 2. The zero-order valence-electron chi connectivity index (χ0n) is 12.8. The summed E-state index contributed by atoms with van der Waals surface area (Å²) < 4.78 is 0. The maximum atomic E-state index is 5.90. The molecule has 1 aromatic rings. The Labute approximate surface area is 126 Å². The van der Waals surface area contributed by atoms with E-state index < -0.39 is 0 Å². The molecule has 1 fully saturated rings. The van der Waals surface area contributed by atoms with E-state index in [1.165, 1.54) is 12.8 Å². The fourth-order valence-corrected chi connectivity index (χ4v) is 3.13. The highest BCUT2D eigenvalue weighted by Gasteiger charge is 2.25. The molecule has 0 unspecified atom stereocenters. The minimum Gasteiger partial charge on any atom is -0.389 e. The number of rotatable bonds is 3. The highest BCUT2D eigenvalue weighted by molar-refractivity contribution is 7.80. The number of thiocarbonyl (C=S) groups is 1. The Morgan fingerprint density at radius 2 is 1.85 bits per heavy atom. The van der Waals surface area contributed by atoms with Crippen molar-refractivity contribution in [2.75, 3.05) is 18.0 Å². The Kier molecular flexibility index (Phi) is 4.58. The molecule has 0 saturated carbocycles. The normalized spacial score (nSPS) is 16.8. The van der Waals surface area contributed by atoms with Crippen molar-refractivity contribution >= 4 is 23.0 Å². The Morgan fingerprint density at radius 1 is 1.25 bits per heavy atom. The van der Waals surface area contributed by atoms with E-state index in [0.717, 1.165) is 47.6 Å². The van der Waals surface area contributed by atoms with E-state index in [0.29, 0.717) is 4.99 Å². The van der Waals surface area contributed by atoms with Crippen LogP contribution in [0.1, 0.15) is 43.5 Å². The summed E-state index contributed by atoms with van der Waals surface area (Å²) in [6.45, 7) is 10.6. The van der Waals surface area contributed by atoms with Crippen molar-refractivity contribution in [3.05, 3.63) is 16.8 Å². The zero-order chi connectivity index (χ0) is 14.9. The third-order valence-corrected chi connectivity index (χ3v) is 4.67. The lowest BCUT2D eigenvalue weighted by molar-refractivity contribution is 0.310. The van der Waals surface area contributed by atoms with Crippen LogP contribution in [0.15, 0.2) is 0 Å². The van der Waals surface area contributed by atoms with E-state index in [-0.39, 0.29) is 0 Å². The second-order valence-corrected chi connectivity index (χ2v) is 6.48. The van der Waals surface area contributed by atoms with Gasteiger partial charge >= 0.3 is 0 Å². The molecular weight excluding hydrogens is 268 g/mol. The maximum Gasteiger partial charge on any atom is 0.161 e. The van der Waals surface area contributed by atoms with Crippen molar-refractivity contribution in [1.82, 2.24) is 10.2 Å². The largest absolute Gasteiger partial charge is 0.389 e. The molecule has 0 aliphatic carbocycles. The first-order chi connectivity index (χ1) is 9.41. The summed E-state index contributed by atoms with van der Waals surface area (Å²) in [5, 5.41) is 8.61. The second-order valence-electron chi connectivity index (χ2n) is 6.04. The van der Waals surface area contributed by atoms with Gasteiger partial charge in [-0.15, -0.1) is 5.10 Å². The van der Waals surface area contributed by atoms with E-state index in [4.69, 9.17) is 18.0 Å². The molecule has 0 aromatic carbocycles. The van der Waals surface area contributed by atoms with E-state index in [2.05, 4.69) is 28.9 Å². The Balaban J connectivity index is 2.26. The van der Waals surface area contributed by atoms with E-state index >= 15 is 0 Å². The van der Waals surface area contributed by atoms with Gasteiger partial charge in [-0.25, -0.2) is 0 Å². The lowest BCUT2D eigenvalue weighted by Gasteiger charge is -2.35. The first kappa shape index (κ1) is 15.2. The average molecular weight is 292 g/mol. The Hall–Kier alpha value is -1.23.